The van der Waals surface area contributed by atoms with Crippen molar-refractivity contribution >= 4 is 23.9 Å². The minimum atomic E-state index is -1.04. The van der Waals surface area contributed by atoms with Crippen LogP contribution in [0.3, 0.4) is 0 Å². The number of nitrogens with zero attached hydrogens (tertiary/aromatic N) is 4. The van der Waals surface area contributed by atoms with E-state index in [-0.39, 0.29) is 90.6 Å². The normalized spacial score (nSPS) is 19.2. The molecule has 13 heteroatoms. The van der Waals surface area contributed by atoms with Crippen LogP contribution in [-0.4, -0.2) is 147 Å². The predicted octanol–water partition coefficient (Wildman–Crippen LogP) is -1.23. The van der Waals surface area contributed by atoms with Crippen LogP contribution in [0.5, 0.6) is 0 Å². The molecule has 1 aliphatic rings. The number of aliphatic hydroxyl groups excluding tert-OH is 1. The molecule has 1 heterocycles. The first kappa shape index (κ1) is 28.3. The van der Waals surface area contributed by atoms with Gasteiger partial charge in [0, 0.05) is 58.8 Å². The molecule has 0 radical (unpaired) electrons. The Hall–Kier alpha value is -2.74. The van der Waals surface area contributed by atoms with E-state index >= 15 is 0 Å². The molecule has 0 unspecified atom stereocenters. The summed E-state index contributed by atoms with van der Waals surface area (Å²) in [5, 5.41) is 46.8. The van der Waals surface area contributed by atoms with Gasteiger partial charge in [0.25, 0.3) is 0 Å². The van der Waals surface area contributed by atoms with E-state index in [1.165, 1.54) is 0 Å². The van der Waals surface area contributed by atoms with Gasteiger partial charge >= 0.3 is 23.9 Å². The lowest BCUT2D eigenvalue weighted by Gasteiger charge is -2.36. The minimum absolute atomic E-state index is 0.0922. The molecule has 33 heavy (non-hydrogen) atoms. The largest absolute Gasteiger partial charge is 0.511 e. The molecule has 1 saturated heterocycles. The molecule has 0 amide bonds. The van der Waals surface area contributed by atoms with Crippen LogP contribution in [0, 0.1) is 0 Å². The molecule has 0 aromatic heterocycles. The lowest BCUT2D eigenvalue weighted by atomic mass is 10.1. The van der Waals surface area contributed by atoms with E-state index < -0.39 is 29.9 Å². The number of aliphatic hydroxyl groups is 1. The molecule has 1 aliphatic heterocycles. The standard InChI is InChI=1S/C20H34N4O9/c1-15(25)16(2-3-17(26)27)24-10-8-22(13-19(30)31)6-4-21(12-18(28)29)5-7-23(9-11-24)14-20(32)33/h16,25H,1-14H2,(H,26,27)(H,28,29)(H,30,31)(H,32,33)/t16-/m1/s1. The van der Waals surface area contributed by atoms with Crippen LogP contribution < -0.4 is 0 Å². The van der Waals surface area contributed by atoms with Gasteiger partial charge in [0.05, 0.1) is 25.7 Å². The SMILES string of the molecule is C=C(O)[C@@H](CCC(=O)O)N1CCN(CC(=O)O)CCN(CC(=O)O)CCN(CC(=O)O)CC1. The summed E-state index contributed by atoms with van der Waals surface area (Å²) in [6.45, 7) is 4.94. The summed E-state index contributed by atoms with van der Waals surface area (Å²) in [6, 6.07) is -0.689. The molecule has 0 bridgehead atoms. The molecule has 0 saturated carbocycles. The van der Waals surface area contributed by atoms with Gasteiger partial charge in [-0.2, -0.15) is 0 Å². The second kappa shape index (κ2) is 14.4. The highest BCUT2D eigenvalue weighted by atomic mass is 16.4. The second-order valence-electron chi connectivity index (χ2n) is 7.99. The van der Waals surface area contributed by atoms with Gasteiger partial charge in [0.1, 0.15) is 5.76 Å². The zero-order chi connectivity index (χ0) is 25.0. The molecule has 0 aliphatic carbocycles. The number of carboxylic acid groups (broad SMARTS) is 4. The summed E-state index contributed by atoms with van der Waals surface area (Å²) in [5.74, 6) is -4.37. The lowest BCUT2D eigenvalue weighted by molar-refractivity contribution is -0.140. The average molecular weight is 475 g/mol. The maximum absolute atomic E-state index is 11.3. The van der Waals surface area contributed by atoms with Crippen molar-refractivity contribution in [3.05, 3.63) is 12.3 Å². The van der Waals surface area contributed by atoms with E-state index in [2.05, 4.69) is 6.58 Å². The number of rotatable bonds is 11. The fraction of sp³-hybridized carbons (Fsp3) is 0.700. The highest BCUT2D eigenvalue weighted by Gasteiger charge is 2.25. The summed E-state index contributed by atoms with van der Waals surface area (Å²) in [6.07, 6.45) is -0.114. The van der Waals surface area contributed by atoms with E-state index in [4.69, 9.17) is 5.11 Å². The molecule has 0 aromatic carbocycles. The molecule has 5 N–H and O–H groups in total. The lowest BCUT2D eigenvalue weighted by Crippen LogP contribution is -2.50. The summed E-state index contributed by atoms with van der Waals surface area (Å²) >= 11 is 0. The molecule has 1 fully saturated rings. The number of aliphatic carboxylic acids is 4. The highest BCUT2D eigenvalue weighted by Crippen LogP contribution is 2.15. The van der Waals surface area contributed by atoms with Crippen molar-refractivity contribution in [1.82, 2.24) is 19.6 Å². The van der Waals surface area contributed by atoms with Crippen LogP contribution in [0.25, 0.3) is 0 Å². The molecule has 1 rings (SSSR count). The maximum atomic E-state index is 11.3. The zero-order valence-corrected chi connectivity index (χ0v) is 18.6. The Kier molecular flexibility index (Phi) is 12.4. The van der Waals surface area contributed by atoms with Crippen LogP contribution in [0.2, 0.25) is 0 Å². The van der Waals surface area contributed by atoms with Gasteiger partial charge in [0.2, 0.25) is 0 Å². The molecule has 188 valence electrons. The third-order valence-corrected chi connectivity index (χ3v) is 5.41. The third-order valence-electron chi connectivity index (χ3n) is 5.41. The quantitative estimate of drug-likeness (QED) is 0.225. The Morgan fingerprint density at radius 2 is 0.939 bits per heavy atom. The van der Waals surface area contributed by atoms with Crippen molar-refractivity contribution in [2.24, 2.45) is 0 Å². The predicted molar refractivity (Wildman–Crippen MR) is 116 cm³/mol. The van der Waals surface area contributed by atoms with E-state index in [0.717, 1.165) is 0 Å². The van der Waals surface area contributed by atoms with Gasteiger partial charge in [-0.05, 0) is 6.42 Å². The number of hydrogen-bond donors (Lipinski definition) is 5. The summed E-state index contributed by atoms with van der Waals surface area (Å²) in [5.41, 5.74) is 0. The maximum Gasteiger partial charge on any atom is 0.317 e. The topological polar surface area (TPSA) is 182 Å². The number of carboxylic acids is 4. The van der Waals surface area contributed by atoms with Gasteiger partial charge in [0.15, 0.2) is 0 Å². The van der Waals surface area contributed by atoms with E-state index in [1.54, 1.807) is 19.6 Å². The van der Waals surface area contributed by atoms with E-state index in [1.807, 2.05) is 0 Å². The zero-order valence-electron chi connectivity index (χ0n) is 18.6. The van der Waals surface area contributed by atoms with E-state index in [9.17, 15) is 39.6 Å². The molecule has 1 atom stereocenters. The van der Waals surface area contributed by atoms with Crippen molar-refractivity contribution in [3.63, 3.8) is 0 Å². The van der Waals surface area contributed by atoms with Crippen molar-refractivity contribution in [3.8, 4) is 0 Å². The van der Waals surface area contributed by atoms with Gasteiger partial charge < -0.3 is 25.5 Å². The Labute approximate surface area is 192 Å². The van der Waals surface area contributed by atoms with Crippen molar-refractivity contribution < 1.29 is 44.7 Å². The van der Waals surface area contributed by atoms with Crippen molar-refractivity contribution in [1.29, 1.82) is 0 Å². The molecule has 0 spiro atoms. The first-order valence-corrected chi connectivity index (χ1v) is 10.6. The smallest absolute Gasteiger partial charge is 0.317 e. The first-order chi connectivity index (χ1) is 15.5. The van der Waals surface area contributed by atoms with Gasteiger partial charge in [-0.3, -0.25) is 38.8 Å². The average Bonchev–Trinajstić information content (AvgIpc) is 2.67. The fourth-order valence-electron chi connectivity index (χ4n) is 3.73. The first-order valence-electron chi connectivity index (χ1n) is 10.6. The van der Waals surface area contributed by atoms with Crippen molar-refractivity contribution in [2.75, 3.05) is 72.0 Å². The Morgan fingerprint density at radius 3 is 1.21 bits per heavy atom. The summed E-state index contributed by atoms with van der Waals surface area (Å²) < 4.78 is 0. The highest BCUT2D eigenvalue weighted by molar-refractivity contribution is 5.70. The van der Waals surface area contributed by atoms with Crippen LogP contribution in [0.4, 0.5) is 0 Å². The molecular weight excluding hydrogens is 440 g/mol. The second-order valence-corrected chi connectivity index (χ2v) is 7.99. The van der Waals surface area contributed by atoms with Crippen molar-refractivity contribution in [2.45, 2.75) is 18.9 Å². The van der Waals surface area contributed by atoms with Crippen LogP contribution in [-0.2, 0) is 19.2 Å². The van der Waals surface area contributed by atoms with E-state index in [0.29, 0.717) is 0 Å². The van der Waals surface area contributed by atoms with Crippen LogP contribution in [0.1, 0.15) is 12.8 Å². The Balaban J connectivity index is 3.11. The minimum Gasteiger partial charge on any atom is -0.511 e. The molecule has 13 nitrogen and oxygen atoms in total. The summed E-state index contributed by atoms with van der Waals surface area (Å²) in [7, 11) is 0. The Morgan fingerprint density at radius 1 is 0.606 bits per heavy atom. The van der Waals surface area contributed by atoms with Gasteiger partial charge in [-0.1, -0.05) is 6.58 Å². The third kappa shape index (κ3) is 12.2. The molecular formula is C20H34N4O9. The number of carbonyl (C=O) groups is 4. The number of hydrogen-bond acceptors (Lipinski definition) is 9. The van der Waals surface area contributed by atoms with Crippen LogP contribution in [0.15, 0.2) is 12.3 Å². The summed E-state index contributed by atoms with van der Waals surface area (Å²) in [4.78, 5) is 51.6. The van der Waals surface area contributed by atoms with Gasteiger partial charge in [-0.15, -0.1) is 0 Å². The fourth-order valence-corrected chi connectivity index (χ4v) is 3.73. The van der Waals surface area contributed by atoms with Crippen LogP contribution >= 0.6 is 0 Å². The molecule has 0 aromatic rings. The monoisotopic (exact) mass is 474 g/mol. The van der Waals surface area contributed by atoms with Gasteiger partial charge in [-0.25, -0.2) is 0 Å². The Bertz CT molecular complexity index is 671.